The summed E-state index contributed by atoms with van der Waals surface area (Å²) in [6.45, 7) is 4.38. The Morgan fingerprint density at radius 3 is 2.64 bits per heavy atom. The van der Waals surface area contributed by atoms with Gasteiger partial charge in [-0.3, -0.25) is 4.79 Å². The summed E-state index contributed by atoms with van der Waals surface area (Å²) in [6.07, 6.45) is 0.219. The minimum Gasteiger partial charge on any atom is -0.494 e. The highest BCUT2D eigenvalue weighted by Gasteiger charge is 2.18. The summed E-state index contributed by atoms with van der Waals surface area (Å²) in [4.78, 5) is 12.2. The van der Waals surface area contributed by atoms with Gasteiger partial charge in [0.05, 0.1) is 25.2 Å². The van der Waals surface area contributed by atoms with E-state index < -0.39 is 12.1 Å². The van der Waals surface area contributed by atoms with Crippen molar-refractivity contribution in [1.82, 2.24) is 5.32 Å². The van der Waals surface area contributed by atoms with E-state index >= 15 is 0 Å². The summed E-state index contributed by atoms with van der Waals surface area (Å²) >= 11 is 0. The third kappa shape index (κ3) is 5.87. The summed E-state index contributed by atoms with van der Waals surface area (Å²) in [5, 5.41) is 13.1. The number of carbonyl (C=O) groups is 1. The first kappa shape index (κ1) is 18.9. The van der Waals surface area contributed by atoms with Crippen LogP contribution in [0.4, 0.5) is 4.39 Å². The predicted octanol–water partition coefficient (Wildman–Crippen LogP) is 3.40. The van der Waals surface area contributed by atoms with Crippen molar-refractivity contribution in [3.05, 3.63) is 65.5 Å². The number of nitrogens with one attached hydrogen (secondary N) is 1. The average Bonchev–Trinajstić information content (AvgIpc) is 2.60. The molecular formula is C20H24FNO3. The third-order valence-electron chi connectivity index (χ3n) is 3.81. The van der Waals surface area contributed by atoms with Gasteiger partial charge in [-0.15, -0.1) is 0 Å². The monoisotopic (exact) mass is 345 g/mol. The van der Waals surface area contributed by atoms with Gasteiger partial charge in [0.25, 0.3) is 0 Å². The van der Waals surface area contributed by atoms with Gasteiger partial charge in [-0.2, -0.15) is 0 Å². The zero-order valence-electron chi connectivity index (χ0n) is 14.5. The number of hydrogen-bond donors (Lipinski definition) is 2. The summed E-state index contributed by atoms with van der Waals surface area (Å²) in [5.74, 6) is 0.186. The van der Waals surface area contributed by atoms with Gasteiger partial charge in [0.15, 0.2) is 0 Å². The molecule has 0 aliphatic rings. The lowest BCUT2D eigenvalue weighted by atomic mass is 10.0. The molecular weight excluding hydrogens is 321 g/mol. The number of hydrogen-bond acceptors (Lipinski definition) is 3. The van der Waals surface area contributed by atoms with E-state index in [2.05, 4.69) is 5.32 Å². The summed E-state index contributed by atoms with van der Waals surface area (Å²) in [6, 6.07) is 12.5. The first-order valence-electron chi connectivity index (χ1n) is 8.44. The highest BCUT2D eigenvalue weighted by Crippen LogP contribution is 2.18. The molecule has 0 fully saturated rings. The van der Waals surface area contributed by atoms with Crippen LogP contribution in [0.1, 0.15) is 37.5 Å². The molecule has 5 heteroatoms. The lowest BCUT2D eigenvalue weighted by molar-refractivity contribution is -0.121. The largest absolute Gasteiger partial charge is 0.494 e. The molecule has 2 unspecified atom stereocenters. The lowest BCUT2D eigenvalue weighted by Gasteiger charge is -2.20. The van der Waals surface area contributed by atoms with E-state index in [9.17, 15) is 14.3 Å². The molecule has 1 amide bonds. The minimum absolute atomic E-state index is 0.193. The molecule has 25 heavy (non-hydrogen) atoms. The molecule has 0 bridgehead atoms. The number of rotatable bonds is 8. The molecule has 0 heterocycles. The maximum atomic E-state index is 13.0. The van der Waals surface area contributed by atoms with Crippen LogP contribution in [-0.2, 0) is 11.2 Å². The van der Waals surface area contributed by atoms with E-state index in [-0.39, 0.29) is 18.1 Å². The Balaban J connectivity index is 1.91. The number of carbonyl (C=O) groups excluding carboxylic acids is 1. The maximum Gasteiger partial charge on any atom is 0.224 e. The van der Waals surface area contributed by atoms with Crippen molar-refractivity contribution in [2.75, 3.05) is 6.61 Å². The molecule has 2 rings (SSSR count). The number of benzene rings is 2. The van der Waals surface area contributed by atoms with Crippen LogP contribution in [0.15, 0.2) is 48.5 Å². The number of ether oxygens (including phenoxy) is 1. The van der Waals surface area contributed by atoms with Crippen LogP contribution in [0.25, 0.3) is 0 Å². The number of amides is 1. The molecule has 2 atom stereocenters. The maximum absolute atomic E-state index is 13.0. The molecule has 2 N–H and O–H groups in total. The smallest absolute Gasteiger partial charge is 0.224 e. The van der Waals surface area contributed by atoms with Gasteiger partial charge < -0.3 is 15.2 Å². The Kier molecular flexibility index (Phi) is 6.95. The molecule has 0 saturated carbocycles. The Bertz CT molecular complexity index is 688. The molecule has 0 aliphatic carbocycles. The van der Waals surface area contributed by atoms with Gasteiger partial charge in [-0.05, 0) is 48.7 Å². The molecule has 0 radical (unpaired) electrons. The minimum atomic E-state index is -0.899. The molecule has 0 aromatic heterocycles. The molecule has 134 valence electrons. The molecule has 2 aromatic carbocycles. The van der Waals surface area contributed by atoms with Crippen molar-refractivity contribution in [2.24, 2.45) is 0 Å². The Hall–Kier alpha value is -2.40. The van der Waals surface area contributed by atoms with Crippen molar-refractivity contribution in [1.29, 1.82) is 0 Å². The number of aliphatic hydroxyl groups excluding tert-OH is 1. The van der Waals surface area contributed by atoms with Gasteiger partial charge in [0, 0.05) is 0 Å². The van der Waals surface area contributed by atoms with Crippen LogP contribution >= 0.6 is 0 Å². The first-order chi connectivity index (χ1) is 12.0. The Morgan fingerprint density at radius 1 is 1.24 bits per heavy atom. The van der Waals surface area contributed by atoms with E-state index in [1.165, 1.54) is 24.3 Å². The molecule has 0 spiro atoms. The average molecular weight is 345 g/mol. The third-order valence-corrected chi connectivity index (χ3v) is 3.81. The van der Waals surface area contributed by atoms with Crippen LogP contribution < -0.4 is 10.1 Å². The summed E-state index contributed by atoms with van der Waals surface area (Å²) in [7, 11) is 0. The van der Waals surface area contributed by atoms with Crippen molar-refractivity contribution in [2.45, 2.75) is 38.8 Å². The quantitative estimate of drug-likeness (QED) is 0.771. The topological polar surface area (TPSA) is 58.6 Å². The number of aliphatic hydroxyl groups is 1. The lowest BCUT2D eigenvalue weighted by Crippen LogP contribution is -2.37. The highest BCUT2D eigenvalue weighted by atomic mass is 19.1. The van der Waals surface area contributed by atoms with Crippen LogP contribution in [-0.4, -0.2) is 23.7 Å². The van der Waals surface area contributed by atoms with Gasteiger partial charge >= 0.3 is 0 Å². The van der Waals surface area contributed by atoms with Crippen molar-refractivity contribution >= 4 is 5.91 Å². The summed E-state index contributed by atoms with van der Waals surface area (Å²) < 4.78 is 18.5. The van der Waals surface area contributed by atoms with Gasteiger partial charge in [-0.1, -0.05) is 31.2 Å². The van der Waals surface area contributed by atoms with Gasteiger partial charge in [-0.25, -0.2) is 4.39 Å². The second-order valence-corrected chi connectivity index (χ2v) is 6.03. The standard InChI is InChI=1S/C20H24FNO3/c1-3-11-25-18-6-4-5-15(12-18)13-19(23)22-14(2)20(24)16-7-9-17(21)10-8-16/h4-10,12,14,20,24H,3,11,13H2,1-2H3,(H,22,23). The van der Waals surface area contributed by atoms with Crippen LogP contribution in [0.3, 0.4) is 0 Å². The zero-order chi connectivity index (χ0) is 18.2. The molecule has 0 saturated heterocycles. The Morgan fingerprint density at radius 2 is 1.96 bits per heavy atom. The van der Waals surface area contributed by atoms with E-state index in [1.54, 1.807) is 6.92 Å². The normalized spacial score (nSPS) is 13.1. The number of halogens is 1. The van der Waals surface area contributed by atoms with Gasteiger partial charge in [0.1, 0.15) is 11.6 Å². The fourth-order valence-electron chi connectivity index (χ4n) is 2.48. The van der Waals surface area contributed by atoms with E-state index in [0.717, 1.165) is 17.7 Å². The molecule has 4 nitrogen and oxygen atoms in total. The van der Waals surface area contributed by atoms with Crippen molar-refractivity contribution in [3.8, 4) is 5.75 Å². The van der Waals surface area contributed by atoms with Crippen molar-refractivity contribution < 1.29 is 19.0 Å². The van der Waals surface area contributed by atoms with Crippen LogP contribution in [0.5, 0.6) is 5.75 Å². The first-order valence-corrected chi connectivity index (χ1v) is 8.44. The van der Waals surface area contributed by atoms with Crippen LogP contribution in [0.2, 0.25) is 0 Å². The molecule has 0 aliphatic heterocycles. The SMILES string of the molecule is CCCOc1cccc(CC(=O)NC(C)C(O)c2ccc(F)cc2)c1. The van der Waals surface area contributed by atoms with E-state index in [0.29, 0.717) is 12.2 Å². The second kappa shape index (κ2) is 9.18. The predicted molar refractivity (Wildman–Crippen MR) is 94.9 cm³/mol. The van der Waals surface area contributed by atoms with Crippen LogP contribution in [0, 0.1) is 5.82 Å². The Labute approximate surface area is 147 Å². The fourth-order valence-corrected chi connectivity index (χ4v) is 2.48. The molecule has 2 aromatic rings. The van der Waals surface area contributed by atoms with Crippen molar-refractivity contribution in [3.63, 3.8) is 0 Å². The fraction of sp³-hybridized carbons (Fsp3) is 0.350. The zero-order valence-corrected chi connectivity index (χ0v) is 14.5. The van der Waals surface area contributed by atoms with E-state index in [1.807, 2.05) is 31.2 Å². The van der Waals surface area contributed by atoms with Gasteiger partial charge in [0.2, 0.25) is 5.91 Å². The summed E-state index contributed by atoms with van der Waals surface area (Å²) in [5.41, 5.74) is 1.40. The second-order valence-electron chi connectivity index (χ2n) is 6.03. The van der Waals surface area contributed by atoms with E-state index in [4.69, 9.17) is 4.74 Å². The highest BCUT2D eigenvalue weighted by molar-refractivity contribution is 5.79.